The van der Waals surface area contributed by atoms with Crippen LogP contribution in [0.4, 0.5) is 17.6 Å². The summed E-state index contributed by atoms with van der Waals surface area (Å²) < 4.78 is 84.4. The number of carbonyl (C=O) groups excluding carboxylic acids is 1. The largest absolute Gasteiger partial charge is 0.393 e. The van der Waals surface area contributed by atoms with E-state index in [1.54, 1.807) is 35.5 Å². The lowest BCUT2D eigenvalue weighted by molar-refractivity contribution is -0.280. The molecule has 1 amide bonds. The Morgan fingerprint density at radius 1 is 1.11 bits per heavy atom. The fraction of sp³-hybridized carbons (Fsp3) is 0.682. The number of hydroxylamine groups is 1. The van der Waals surface area contributed by atoms with Crippen LogP contribution < -0.4 is 5.48 Å². The molecule has 0 aromatic heterocycles. The molecule has 1 aliphatic carbocycles. The van der Waals surface area contributed by atoms with Crippen LogP contribution in [0.2, 0.25) is 0 Å². The van der Waals surface area contributed by atoms with Gasteiger partial charge in [-0.15, -0.1) is 11.6 Å². The maximum atomic E-state index is 15.1. The van der Waals surface area contributed by atoms with Gasteiger partial charge in [0, 0.05) is 50.1 Å². The van der Waals surface area contributed by atoms with Gasteiger partial charge in [-0.2, -0.15) is 13.1 Å². The van der Waals surface area contributed by atoms with Gasteiger partial charge in [0.25, 0.3) is 5.91 Å². The van der Waals surface area contributed by atoms with Crippen molar-refractivity contribution in [2.45, 2.75) is 62.0 Å². The minimum absolute atomic E-state index is 0.0322. The first-order valence-corrected chi connectivity index (χ1v) is 13.5. The molecule has 1 N–H and O–H groups in total. The lowest BCUT2D eigenvalue weighted by atomic mass is 9.75. The van der Waals surface area contributed by atoms with Gasteiger partial charge in [-0.25, -0.2) is 27.5 Å². The zero-order valence-electron chi connectivity index (χ0n) is 19.4. The summed E-state index contributed by atoms with van der Waals surface area (Å²) in [6, 6.07) is 7.57. The number of piperazine rings is 1. The van der Waals surface area contributed by atoms with Crippen LogP contribution in [0.1, 0.15) is 49.4 Å². The van der Waals surface area contributed by atoms with Gasteiger partial charge in [0.2, 0.25) is 15.9 Å². The number of nitrogens with zero attached hydrogens (tertiary/aromatic N) is 2. The van der Waals surface area contributed by atoms with Gasteiger partial charge in [0.05, 0.1) is 5.75 Å². The molecule has 1 saturated heterocycles. The third kappa shape index (κ3) is 6.46. The maximum absolute atomic E-state index is 15.1. The molecule has 0 radical (unpaired) electrons. The Balaban J connectivity index is 1.76. The van der Waals surface area contributed by atoms with E-state index < -0.39 is 51.7 Å². The van der Waals surface area contributed by atoms with Crippen molar-refractivity contribution in [3.8, 4) is 0 Å². The van der Waals surface area contributed by atoms with Gasteiger partial charge in [0.1, 0.15) is 5.38 Å². The maximum Gasteiger partial charge on any atom is 0.393 e. The van der Waals surface area contributed by atoms with Crippen molar-refractivity contribution in [3.63, 3.8) is 0 Å². The highest BCUT2D eigenvalue weighted by atomic mass is 35.5. The molecule has 0 bridgehead atoms. The van der Waals surface area contributed by atoms with Gasteiger partial charge >= 0.3 is 6.11 Å². The molecule has 1 aliphatic heterocycles. The highest BCUT2D eigenvalue weighted by molar-refractivity contribution is 7.89. The number of sulfonamides is 1. The first kappa shape index (κ1) is 28.1. The fourth-order valence-electron chi connectivity index (χ4n) is 4.70. The number of hydrogen-bond acceptors (Lipinski definition) is 5. The molecule has 1 unspecified atom stereocenters. The average Bonchev–Trinajstić information content (AvgIpc) is 2.83. The molecule has 1 atom stereocenters. The van der Waals surface area contributed by atoms with E-state index >= 15 is 8.78 Å². The van der Waals surface area contributed by atoms with Crippen molar-refractivity contribution in [2.75, 3.05) is 31.9 Å². The number of alkyl halides is 5. The standard InChI is InChI=1S/C22H30ClF4N3O4S/c1-2-16-35(32,33)30-14-12-29(13-15-30)20(8-10-21(24,25)11-9-20)19(23)22(26,27)34-28-18(31)17-6-4-3-5-7-17/h3-7,19H,2,8-16H2,1H3,(H,28,31). The molecule has 2 fully saturated rings. The van der Waals surface area contributed by atoms with Gasteiger partial charge in [-0.1, -0.05) is 25.1 Å². The van der Waals surface area contributed by atoms with Crippen molar-refractivity contribution < 1.29 is 35.6 Å². The van der Waals surface area contributed by atoms with Crippen molar-refractivity contribution in [3.05, 3.63) is 35.9 Å². The SMILES string of the molecule is CCCS(=O)(=O)N1CCN(C2(C(Cl)C(F)(F)ONC(=O)c3ccccc3)CCC(F)(F)CC2)CC1. The number of benzene rings is 1. The first-order chi connectivity index (χ1) is 16.3. The summed E-state index contributed by atoms with van der Waals surface area (Å²) in [5.74, 6) is -3.95. The zero-order valence-corrected chi connectivity index (χ0v) is 20.9. The van der Waals surface area contributed by atoms with Gasteiger partial charge in [0.15, 0.2) is 0 Å². The van der Waals surface area contributed by atoms with Crippen LogP contribution in [-0.4, -0.2) is 78.4 Å². The lowest BCUT2D eigenvalue weighted by Crippen LogP contribution is -2.67. The second-order valence-corrected chi connectivity index (χ2v) is 11.5. The van der Waals surface area contributed by atoms with Crippen LogP contribution >= 0.6 is 11.6 Å². The first-order valence-electron chi connectivity index (χ1n) is 11.5. The monoisotopic (exact) mass is 543 g/mol. The van der Waals surface area contributed by atoms with E-state index in [1.165, 1.54) is 16.4 Å². The number of halogens is 5. The Morgan fingerprint density at radius 3 is 2.23 bits per heavy atom. The Bertz CT molecular complexity index is 966. The van der Waals surface area contributed by atoms with Crippen molar-refractivity contribution in [1.29, 1.82) is 0 Å². The van der Waals surface area contributed by atoms with Crippen LogP contribution in [0.5, 0.6) is 0 Å². The summed E-state index contributed by atoms with van der Waals surface area (Å²) in [6.45, 7) is 1.94. The highest BCUT2D eigenvalue weighted by Gasteiger charge is 2.59. The second-order valence-electron chi connectivity index (χ2n) is 8.99. The normalized spacial score (nSPS) is 22.5. The summed E-state index contributed by atoms with van der Waals surface area (Å²) in [7, 11) is -3.49. The summed E-state index contributed by atoms with van der Waals surface area (Å²) in [5.41, 5.74) is 0.219. The molecule has 13 heteroatoms. The minimum atomic E-state index is -4.09. The van der Waals surface area contributed by atoms with Crippen molar-refractivity contribution in [2.24, 2.45) is 0 Å². The van der Waals surface area contributed by atoms with E-state index in [1.807, 2.05) is 0 Å². The Kier molecular flexibility index (Phi) is 8.73. The number of carbonyl (C=O) groups is 1. The Hall–Kier alpha value is -1.47. The molecule has 1 aromatic carbocycles. The molecule has 2 aliphatic rings. The quantitative estimate of drug-likeness (QED) is 0.291. The minimum Gasteiger partial charge on any atom is -0.293 e. The van der Waals surface area contributed by atoms with E-state index in [-0.39, 0.29) is 50.3 Å². The molecule has 0 spiro atoms. The number of nitrogens with one attached hydrogen (secondary N) is 1. The van der Waals surface area contributed by atoms with Crippen molar-refractivity contribution in [1.82, 2.24) is 14.7 Å². The predicted octanol–water partition coefficient (Wildman–Crippen LogP) is 3.85. The molecule has 35 heavy (non-hydrogen) atoms. The zero-order chi connectivity index (χ0) is 25.9. The molecule has 1 saturated carbocycles. The average molecular weight is 544 g/mol. The number of rotatable bonds is 9. The van der Waals surface area contributed by atoms with Crippen molar-refractivity contribution >= 4 is 27.5 Å². The summed E-state index contributed by atoms with van der Waals surface area (Å²) in [5, 5.41) is -2.08. The highest BCUT2D eigenvalue weighted by Crippen LogP contribution is 2.49. The van der Waals surface area contributed by atoms with Crippen LogP contribution in [0, 0.1) is 0 Å². The summed E-state index contributed by atoms with van der Waals surface area (Å²) in [6.07, 6.45) is -5.61. The Morgan fingerprint density at radius 2 is 1.69 bits per heavy atom. The second kappa shape index (κ2) is 10.9. The molecule has 3 rings (SSSR count). The lowest BCUT2D eigenvalue weighted by Gasteiger charge is -2.53. The topological polar surface area (TPSA) is 79.0 Å². The van der Waals surface area contributed by atoms with Crippen LogP contribution in [0.3, 0.4) is 0 Å². The van der Waals surface area contributed by atoms with Crippen LogP contribution in [-0.2, 0) is 14.9 Å². The smallest absolute Gasteiger partial charge is 0.293 e. The molecular weight excluding hydrogens is 514 g/mol. The summed E-state index contributed by atoms with van der Waals surface area (Å²) >= 11 is 6.30. The van der Waals surface area contributed by atoms with E-state index in [9.17, 15) is 22.0 Å². The fourth-order valence-corrected chi connectivity index (χ4v) is 6.60. The third-order valence-electron chi connectivity index (χ3n) is 6.65. The van der Waals surface area contributed by atoms with Crippen LogP contribution in [0.25, 0.3) is 0 Å². The van der Waals surface area contributed by atoms with E-state index in [4.69, 9.17) is 11.6 Å². The number of amides is 1. The van der Waals surface area contributed by atoms with Gasteiger partial charge in [-0.3, -0.25) is 9.69 Å². The van der Waals surface area contributed by atoms with E-state index in [2.05, 4.69) is 4.84 Å². The van der Waals surface area contributed by atoms with Gasteiger partial charge in [-0.05, 0) is 31.4 Å². The molecule has 198 valence electrons. The summed E-state index contributed by atoms with van der Waals surface area (Å²) in [4.78, 5) is 18.2. The Labute approximate surface area is 207 Å². The predicted molar refractivity (Wildman–Crippen MR) is 123 cm³/mol. The third-order valence-corrected chi connectivity index (χ3v) is 9.39. The van der Waals surface area contributed by atoms with Crippen LogP contribution in [0.15, 0.2) is 30.3 Å². The van der Waals surface area contributed by atoms with E-state index in [0.29, 0.717) is 6.42 Å². The molecule has 7 nitrogen and oxygen atoms in total. The van der Waals surface area contributed by atoms with Gasteiger partial charge < -0.3 is 0 Å². The molecule has 1 heterocycles. The number of hydrogen-bond donors (Lipinski definition) is 1. The molecular formula is C22H30ClF4N3O4S. The van der Waals surface area contributed by atoms with E-state index in [0.717, 1.165) is 0 Å². The molecule has 1 aromatic rings.